The number of hydrogen-bond acceptors (Lipinski definition) is 4. The Morgan fingerprint density at radius 2 is 1.64 bits per heavy atom. The lowest BCUT2D eigenvalue weighted by Crippen LogP contribution is -2.16. The minimum absolute atomic E-state index is 0.0493. The second kappa shape index (κ2) is 7.94. The second-order valence-corrected chi connectivity index (χ2v) is 7.83. The van der Waals surface area contributed by atoms with E-state index in [4.69, 9.17) is 5.26 Å². The lowest BCUT2D eigenvalue weighted by molar-refractivity contribution is 0.102. The summed E-state index contributed by atoms with van der Waals surface area (Å²) in [5.41, 5.74) is 2.46. The number of anilines is 2. The van der Waals surface area contributed by atoms with Gasteiger partial charge in [-0.3, -0.25) is 9.52 Å². The summed E-state index contributed by atoms with van der Waals surface area (Å²) in [6.07, 6.45) is 0. The predicted octanol–water partition coefficient (Wildman–Crippen LogP) is 3.92. The average molecular weight is 391 g/mol. The van der Waals surface area contributed by atoms with E-state index in [-0.39, 0.29) is 16.1 Å². The van der Waals surface area contributed by atoms with E-state index in [1.165, 1.54) is 24.3 Å². The monoisotopic (exact) mass is 391 g/mol. The molecule has 0 radical (unpaired) electrons. The molecule has 0 bridgehead atoms. The molecule has 3 aromatic carbocycles. The van der Waals surface area contributed by atoms with Gasteiger partial charge in [-0.1, -0.05) is 24.3 Å². The number of rotatable bonds is 5. The molecule has 140 valence electrons. The number of carbonyl (C=O) groups excluding carboxylic acids is 1. The molecule has 0 atom stereocenters. The maximum absolute atomic E-state index is 12.7. The highest BCUT2D eigenvalue weighted by Crippen LogP contribution is 2.19. The number of nitrogens with zero attached hydrogens (tertiary/aromatic N) is 1. The quantitative estimate of drug-likeness (QED) is 0.688. The molecule has 0 unspecified atom stereocenters. The molecule has 6 nitrogen and oxygen atoms in total. The van der Waals surface area contributed by atoms with Gasteiger partial charge in [-0.05, 0) is 61.0 Å². The number of amides is 1. The zero-order valence-corrected chi connectivity index (χ0v) is 15.8. The summed E-state index contributed by atoms with van der Waals surface area (Å²) >= 11 is 0. The van der Waals surface area contributed by atoms with Crippen molar-refractivity contribution in [1.29, 1.82) is 5.26 Å². The third-order valence-electron chi connectivity index (χ3n) is 3.93. The van der Waals surface area contributed by atoms with Crippen molar-refractivity contribution >= 4 is 27.3 Å². The first kappa shape index (κ1) is 19.1. The Morgan fingerprint density at radius 1 is 0.929 bits per heavy atom. The zero-order chi connectivity index (χ0) is 20.1. The minimum Gasteiger partial charge on any atom is -0.322 e. The summed E-state index contributed by atoms with van der Waals surface area (Å²) in [6, 6.07) is 21.2. The van der Waals surface area contributed by atoms with Crippen molar-refractivity contribution < 1.29 is 13.2 Å². The third-order valence-corrected chi connectivity index (χ3v) is 5.31. The van der Waals surface area contributed by atoms with Crippen molar-refractivity contribution in [3.8, 4) is 6.07 Å². The molecule has 0 saturated carbocycles. The molecule has 7 heteroatoms. The van der Waals surface area contributed by atoms with E-state index in [9.17, 15) is 13.2 Å². The summed E-state index contributed by atoms with van der Waals surface area (Å²) < 4.78 is 27.7. The summed E-state index contributed by atoms with van der Waals surface area (Å²) in [6.45, 7) is 1.91. The Bertz CT molecular complexity index is 1180. The van der Waals surface area contributed by atoms with E-state index in [2.05, 4.69) is 10.0 Å². The van der Waals surface area contributed by atoms with Gasteiger partial charge in [0.1, 0.15) is 0 Å². The fraction of sp³-hybridized carbons (Fsp3) is 0.0476. The molecule has 28 heavy (non-hydrogen) atoms. The smallest absolute Gasteiger partial charge is 0.261 e. The number of nitriles is 1. The number of nitrogens with one attached hydrogen (secondary N) is 2. The number of benzene rings is 3. The van der Waals surface area contributed by atoms with Crippen LogP contribution in [-0.4, -0.2) is 14.3 Å². The van der Waals surface area contributed by atoms with Gasteiger partial charge in [0.05, 0.1) is 22.2 Å². The fourth-order valence-corrected chi connectivity index (χ4v) is 3.69. The molecule has 0 spiro atoms. The SMILES string of the molecule is Cc1cccc(NC(=O)c2cccc(S(=O)(=O)Nc3cccc(C#N)c3)c2)c1. The van der Waals surface area contributed by atoms with Crippen LogP contribution in [0.5, 0.6) is 0 Å². The van der Waals surface area contributed by atoms with Gasteiger partial charge in [0.2, 0.25) is 0 Å². The Balaban J connectivity index is 1.83. The van der Waals surface area contributed by atoms with E-state index in [0.717, 1.165) is 5.56 Å². The average Bonchev–Trinajstić information content (AvgIpc) is 2.68. The topological polar surface area (TPSA) is 99.1 Å². The Morgan fingerprint density at radius 3 is 2.39 bits per heavy atom. The molecule has 0 heterocycles. The van der Waals surface area contributed by atoms with Crippen LogP contribution in [0, 0.1) is 18.3 Å². The highest BCUT2D eigenvalue weighted by Gasteiger charge is 2.17. The van der Waals surface area contributed by atoms with Crippen molar-refractivity contribution in [3.05, 3.63) is 89.5 Å². The van der Waals surface area contributed by atoms with Crippen LogP contribution in [0.3, 0.4) is 0 Å². The molecule has 0 aliphatic carbocycles. The fourth-order valence-electron chi connectivity index (χ4n) is 2.60. The molecule has 3 aromatic rings. The van der Waals surface area contributed by atoms with Crippen LogP contribution in [0.4, 0.5) is 11.4 Å². The number of aryl methyl sites for hydroxylation is 1. The lowest BCUT2D eigenvalue weighted by Gasteiger charge is -2.10. The van der Waals surface area contributed by atoms with Crippen molar-refractivity contribution in [2.75, 3.05) is 10.0 Å². The normalized spacial score (nSPS) is 10.7. The molecule has 0 saturated heterocycles. The number of sulfonamides is 1. The first-order chi connectivity index (χ1) is 13.4. The van der Waals surface area contributed by atoms with Crippen LogP contribution in [0.1, 0.15) is 21.5 Å². The van der Waals surface area contributed by atoms with Crippen LogP contribution in [0.15, 0.2) is 77.7 Å². The summed E-state index contributed by atoms with van der Waals surface area (Å²) in [4.78, 5) is 12.4. The van der Waals surface area contributed by atoms with Crippen molar-refractivity contribution in [2.45, 2.75) is 11.8 Å². The minimum atomic E-state index is -3.91. The maximum Gasteiger partial charge on any atom is 0.261 e. The van der Waals surface area contributed by atoms with Crippen molar-refractivity contribution in [1.82, 2.24) is 0 Å². The molecule has 0 aliphatic heterocycles. The van der Waals surface area contributed by atoms with E-state index in [1.807, 2.05) is 31.2 Å². The Hall–Kier alpha value is -3.63. The van der Waals surface area contributed by atoms with E-state index in [0.29, 0.717) is 11.3 Å². The standard InChI is InChI=1S/C21H17N3O3S/c1-15-5-2-8-18(11-15)23-21(25)17-7-4-10-20(13-17)28(26,27)24-19-9-3-6-16(12-19)14-22/h2-13,24H,1H3,(H,23,25). The number of hydrogen-bond donors (Lipinski definition) is 2. The van der Waals surface area contributed by atoms with Crippen molar-refractivity contribution in [2.24, 2.45) is 0 Å². The first-order valence-electron chi connectivity index (χ1n) is 8.38. The van der Waals surface area contributed by atoms with Crippen molar-refractivity contribution in [3.63, 3.8) is 0 Å². The highest BCUT2D eigenvalue weighted by atomic mass is 32.2. The zero-order valence-electron chi connectivity index (χ0n) is 15.0. The third kappa shape index (κ3) is 4.55. The van der Waals surface area contributed by atoms with Crippen LogP contribution in [0.2, 0.25) is 0 Å². The lowest BCUT2D eigenvalue weighted by atomic mass is 10.2. The van der Waals surface area contributed by atoms with Gasteiger partial charge in [-0.25, -0.2) is 8.42 Å². The maximum atomic E-state index is 12.7. The molecular formula is C21H17N3O3S. The van der Waals surface area contributed by atoms with E-state index in [1.54, 1.807) is 30.3 Å². The van der Waals surface area contributed by atoms with Crippen LogP contribution >= 0.6 is 0 Å². The Kier molecular flexibility index (Phi) is 5.43. The molecule has 1 amide bonds. The number of carbonyl (C=O) groups is 1. The van der Waals surface area contributed by atoms with E-state index >= 15 is 0 Å². The molecule has 0 aromatic heterocycles. The Labute approximate surface area is 163 Å². The van der Waals surface area contributed by atoms with Gasteiger partial charge in [-0.15, -0.1) is 0 Å². The molecule has 0 fully saturated rings. The second-order valence-electron chi connectivity index (χ2n) is 6.15. The van der Waals surface area contributed by atoms with Crippen LogP contribution in [0.25, 0.3) is 0 Å². The van der Waals surface area contributed by atoms with E-state index < -0.39 is 15.9 Å². The van der Waals surface area contributed by atoms with Gasteiger partial charge in [0.15, 0.2) is 0 Å². The van der Waals surface area contributed by atoms with Crippen LogP contribution in [-0.2, 0) is 10.0 Å². The van der Waals surface area contributed by atoms with Gasteiger partial charge < -0.3 is 5.32 Å². The van der Waals surface area contributed by atoms with Gasteiger partial charge in [-0.2, -0.15) is 5.26 Å². The summed E-state index contributed by atoms with van der Waals surface area (Å²) in [5, 5.41) is 11.7. The molecular weight excluding hydrogens is 374 g/mol. The largest absolute Gasteiger partial charge is 0.322 e. The molecule has 2 N–H and O–H groups in total. The summed E-state index contributed by atoms with van der Waals surface area (Å²) in [5.74, 6) is -0.408. The van der Waals surface area contributed by atoms with Gasteiger partial charge >= 0.3 is 0 Å². The molecule has 0 aliphatic rings. The van der Waals surface area contributed by atoms with Crippen LogP contribution < -0.4 is 10.0 Å². The summed E-state index contributed by atoms with van der Waals surface area (Å²) in [7, 11) is -3.91. The van der Waals surface area contributed by atoms with Gasteiger partial charge in [0.25, 0.3) is 15.9 Å². The molecule has 3 rings (SSSR count). The predicted molar refractivity (Wildman–Crippen MR) is 108 cm³/mol. The van der Waals surface area contributed by atoms with Gasteiger partial charge in [0, 0.05) is 11.3 Å². The highest BCUT2D eigenvalue weighted by molar-refractivity contribution is 7.92. The first-order valence-corrected chi connectivity index (χ1v) is 9.87.